The van der Waals surface area contributed by atoms with Crippen LogP contribution in [0.15, 0.2) is 109 Å². The van der Waals surface area contributed by atoms with Gasteiger partial charge in [-0.3, -0.25) is 9.59 Å². The van der Waals surface area contributed by atoms with Crippen LogP contribution in [0.3, 0.4) is 0 Å². The third kappa shape index (κ3) is 5.08. The Hall–Kier alpha value is -5.75. The minimum atomic E-state index is -1.000. The Bertz CT molecular complexity index is 1970. The molecule has 0 fully saturated rings. The molecule has 2 aliphatic carbocycles. The van der Waals surface area contributed by atoms with E-state index >= 15 is 0 Å². The van der Waals surface area contributed by atoms with E-state index in [2.05, 4.69) is 48.5 Å². The maximum Gasteiger partial charge on any atom is 0.335 e. The summed E-state index contributed by atoms with van der Waals surface area (Å²) in [6, 6.07) is 35.9. The molecule has 226 valence electrons. The maximum atomic E-state index is 11.8. The van der Waals surface area contributed by atoms with E-state index in [9.17, 15) is 29.7 Å². The average molecular weight is 607 g/mol. The molecule has 0 saturated carbocycles. The Labute approximate surface area is 265 Å². The number of aryl methyl sites for hydroxylation is 2. The Kier molecular flexibility index (Phi) is 7.33. The topological polar surface area (TPSA) is 112 Å². The maximum absolute atomic E-state index is 11.8. The van der Waals surface area contributed by atoms with Gasteiger partial charge in [0.1, 0.15) is 0 Å². The smallest absolute Gasteiger partial charge is 0.335 e. The van der Waals surface area contributed by atoms with Crippen LogP contribution in [-0.2, 0) is 22.4 Å². The normalized spacial score (nSPS) is 12.7. The summed E-state index contributed by atoms with van der Waals surface area (Å²) in [6.45, 7) is 0. The second-order valence-corrected chi connectivity index (χ2v) is 11.8. The van der Waals surface area contributed by atoms with Crippen molar-refractivity contribution in [1.82, 2.24) is 0 Å². The summed E-state index contributed by atoms with van der Waals surface area (Å²) in [5, 5.41) is 28.5. The summed E-state index contributed by atoms with van der Waals surface area (Å²) in [5.41, 5.74) is 13.6. The monoisotopic (exact) mass is 606 g/mol. The molecule has 5 aromatic rings. The molecule has 2 aliphatic rings. The van der Waals surface area contributed by atoms with Gasteiger partial charge in [0, 0.05) is 18.8 Å². The molecule has 0 saturated heterocycles. The number of aliphatic carboxylic acids is 2. The summed E-state index contributed by atoms with van der Waals surface area (Å²) >= 11 is 0. The van der Waals surface area contributed by atoms with Gasteiger partial charge in [0.2, 0.25) is 0 Å². The fraction of sp³-hybridized carbons (Fsp3) is 0.125. The standard InChI is InChI=1S/C40H30O6/c41-35(42)19-11-23-9-17-29-30-18-10-24(12-20-36(43)44)22-34(30)39(33(29)21-23)37(25-13-15-26(16-14-25)40(45)46)38-31-7-3-1-5-27(31)28-6-2-4-8-32(28)38/h1-10,13-18,21-22,39H,11-12,19-20H2,(H,41,42)(H,43,44)(H,45,46). The predicted octanol–water partition coefficient (Wildman–Crippen LogP) is 8.17. The molecule has 6 nitrogen and oxygen atoms in total. The van der Waals surface area contributed by atoms with Crippen molar-refractivity contribution in [3.63, 3.8) is 0 Å². The quantitative estimate of drug-likeness (QED) is 0.153. The van der Waals surface area contributed by atoms with E-state index in [0.717, 1.165) is 72.3 Å². The molecule has 0 aliphatic heterocycles. The van der Waals surface area contributed by atoms with Crippen LogP contribution in [0.5, 0.6) is 0 Å². The van der Waals surface area contributed by atoms with E-state index in [0.29, 0.717) is 12.8 Å². The van der Waals surface area contributed by atoms with Crippen LogP contribution in [-0.4, -0.2) is 33.2 Å². The van der Waals surface area contributed by atoms with Crippen molar-refractivity contribution in [2.45, 2.75) is 31.6 Å². The Morgan fingerprint density at radius 3 is 1.37 bits per heavy atom. The number of rotatable bonds is 9. The summed E-state index contributed by atoms with van der Waals surface area (Å²) in [5.74, 6) is -3.00. The minimum Gasteiger partial charge on any atom is -0.481 e. The molecule has 6 heteroatoms. The lowest BCUT2D eigenvalue weighted by molar-refractivity contribution is -0.138. The van der Waals surface area contributed by atoms with E-state index in [1.54, 1.807) is 12.1 Å². The van der Waals surface area contributed by atoms with E-state index in [4.69, 9.17) is 0 Å². The van der Waals surface area contributed by atoms with Gasteiger partial charge in [0.15, 0.2) is 0 Å². The number of allylic oxidation sites excluding steroid dienone is 1. The highest BCUT2D eigenvalue weighted by atomic mass is 16.4. The van der Waals surface area contributed by atoms with Crippen LogP contribution in [0, 0.1) is 0 Å². The van der Waals surface area contributed by atoms with E-state index in [1.807, 2.05) is 48.5 Å². The van der Waals surface area contributed by atoms with E-state index in [1.165, 1.54) is 0 Å². The minimum absolute atomic E-state index is 0.0150. The highest BCUT2D eigenvalue weighted by Crippen LogP contribution is 2.57. The van der Waals surface area contributed by atoms with Crippen molar-refractivity contribution in [3.8, 4) is 22.3 Å². The molecule has 0 spiro atoms. The lowest BCUT2D eigenvalue weighted by atomic mass is 9.79. The molecule has 3 N–H and O–H groups in total. The van der Waals surface area contributed by atoms with Gasteiger partial charge in [-0.15, -0.1) is 0 Å². The van der Waals surface area contributed by atoms with Crippen molar-refractivity contribution in [1.29, 1.82) is 0 Å². The summed E-state index contributed by atoms with van der Waals surface area (Å²) in [7, 11) is 0. The van der Waals surface area contributed by atoms with Crippen molar-refractivity contribution < 1.29 is 29.7 Å². The first-order valence-electron chi connectivity index (χ1n) is 15.3. The van der Waals surface area contributed by atoms with Gasteiger partial charge in [-0.2, -0.15) is 0 Å². The predicted molar refractivity (Wildman–Crippen MR) is 177 cm³/mol. The average Bonchev–Trinajstić information content (AvgIpc) is 3.56. The number of carboxylic acid groups (broad SMARTS) is 3. The van der Waals surface area contributed by atoms with Crippen LogP contribution >= 0.6 is 0 Å². The van der Waals surface area contributed by atoms with Crippen molar-refractivity contribution >= 4 is 29.1 Å². The molecule has 0 unspecified atom stereocenters. The van der Waals surface area contributed by atoms with Crippen molar-refractivity contribution in [3.05, 3.63) is 154 Å². The molecule has 46 heavy (non-hydrogen) atoms. The van der Waals surface area contributed by atoms with Crippen LogP contribution in [0.25, 0.3) is 33.4 Å². The molecule has 0 amide bonds. The van der Waals surface area contributed by atoms with Gasteiger partial charge in [0.25, 0.3) is 0 Å². The van der Waals surface area contributed by atoms with Crippen molar-refractivity contribution in [2.75, 3.05) is 0 Å². The lowest BCUT2D eigenvalue weighted by Crippen LogP contribution is -2.07. The Morgan fingerprint density at radius 1 is 0.500 bits per heavy atom. The Balaban J connectivity index is 1.54. The highest BCUT2D eigenvalue weighted by Gasteiger charge is 2.37. The fourth-order valence-electron chi connectivity index (χ4n) is 7.04. The molecule has 7 rings (SSSR count). The largest absolute Gasteiger partial charge is 0.481 e. The highest BCUT2D eigenvalue weighted by molar-refractivity contribution is 6.13. The second-order valence-electron chi connectivity index (χ2n) is 11.8. The van der Waals surface area contributed by atoms with Crippen LogP contribution in [0.2, 0.25) is 0 Å². The number of aromatic carboxylic acids is 1. The Morgan fingerprint density at radius 2 is 0.935 bits per heavy atom. The number of benzene rings is 5. The molecule has 0 aromatic heterocycles. The van der Waals surface area contributed by atoms with Gasteiger partial charge in [-0.1, -0.05) is 97.1 Å². The number of hydrogen-bond donors (Lipinski definition) is 3. The van der Waals surface area contributed by atoms with Crippen LogP contribution in [0.1, 0.15) is 68.1 Å². The van der Waals surface area contributed by atoms with Gasteiger partial charge in [-0.25, -0.2) is 4.79 Å². The molecular weight excluding hydrogens is 576 g/mol. The first-order chi connectivity index (χ1) is 22.3. The summed E-state index contributed by atoms with van der Waals surface area (Å²) in [4.78, 5) is 34.8. The van der Waals surface area contributed by atoms with E-state index in [-0.39, 0.29) is 24.3 Å². The zero-order valence-electron chi connectivity index (χ0n) is 24.9. The second kappa shape index (κ2) is 11.6. The fourth-order valence-corrected chi connectivity index (χ4v) is 7.04. The van der Waals surface area contributed by atoms with Gasteiger partial charge in [-0.05, 0) is 97.3 Å². The molecule has 0 radical (unpaired) electrons. The first kappa shape index (κ1) is 29.0. The zero-order chi connectivity index (χ0) is 31.9. The third-order valence-corrected chi connectivity index (χ3v) is 9.08. The van der Waals surface area contributed by atoms with Gasteiger partial charge < -0.3 is 15.3 Å². The molecule has 0 bridgehead atoms. The molecule has 0 heterocycles. The molecular formula is C40H30O6. The summed E-state index contributed by atoms with van der Waals surface area (Å²) in [6.07, 6.45) is 0.809. The zero-order valence-corrected chi connectivity index (χ0v) is 24.9. The van der Waals surface area contributed by atoms with E-state index < -0.39 is 17.9 Å². The number of carbonyl (C=O) groups is 3. The van der Waals surface area contributed by atoms with Crippen LogP contribution in [0.4, 0.5) is 0 Å². The number of carboxylic acids is 3. The molecule has 0 atom stereocenters. The van der Waals surface area contributed by atoms with Gasteiger partial charge in [0.05, 0.1) is 5.56 Å². The number of fused-ring (bicyclic) bond motifs is 6. The SMILES string of the molecule is O=C(O)CCc1ccc2c(c1)C(C(=C1c3ccccc3-c3ccccc31)c1ccc(C(=O)O)cc1)c1cc(CCC(=O)O)ccc1-2. The van der Waals surface area contributed by atoms with Gasteiger partial charge >= 0.3 is 17.9 Å². The molecule has 5 aromatic carbocycles. The lowest BCUT2D eigenvalue weighted by Gasteiger charge is -2.24. The third-order valence-electron chi connectivity index (χ3n) is 9.08. The first-order valence-corrected chi connectivity index (χ1v) is 15.3. The number of hydrogen-bond acceptors (Lipinski definition) is 3. The van der Waals surface area contributed by atoms with Crippen LogP contribution < -0.4 is 0 Å². The van der Waals surface area contributed by atoms with Crippen molar-refractivity contribution in [2.24, 2.45) is 0 Å². The summed E-state index contributed by atoms with van der Waals surface area (Å²) < 4.78 is 0.